The number of piperidine rings is 1. The van der Waals surface area contributed by atoms with Gasteiger partial charge in [-0.1, -0.05) is 13.0 Å². The summed E-state index contributed by atoms with van der Waals surface area (Å²) in [7, 11) is -4.02. The number of likely N-dealkylation sites (tertiary alicyclic amines) is 1. The van der Waals surface area contributed by atoms with Gasteiger partial charge in [-0.05, 0) is 79.1 Å². The molecule has 1 N–H and O–H groups in total. The second-order valence-corrected chi connectivity index (χ2v) is 10.1. The maximum absolute atomic E-state index is 12.7. The Morgan fingerprint density at radius 2 is 1.81 bits per heavy atom. The van der Waals surface area contributed by atoms with Crippen LogP contribution < -0.4 is 4.72 Å². The van der Waals surface area contributed by atoms with Crippen molar-refractivity contribution in [3.05, 3.63) is 59.2 Å². The molecule has 2 aromatic carbocycles. The van der Waals surface area contributed by atoms with Crippen molar-refractivity contribution >= 4 is 21.6 Å². The van der Waals surface area contributed by atoms with Crippen LogP contribution in [0, 0.1) is 5.92 Å². The molecule has 32 heavy (non-hydrogen) atoms. The number of nitrogens with one attached hydrogen (secondary N) is 1. The van der Waals surface area contributed by atoms with Crippen LogP contribution in [0.25, 0.3) is 0 Å². The molecule has 5 nitrogen and oxygen atoms in total. The molecule has 0 radical (unpaired) electrons. The summed E-state index contributed by atoms with van der Waals surface area (Å²) in [5.41, 5.74) is 1.62. The van der Waals surface area contributed by atoms with E-state index in [1.54, 1.807) is 12.1 Å². The minimum absolute atomic E-state index is 0.170. The average Bonchev–Trinajstić information content (AvgIpc) is 2.76. The molecule has 172 valence electrons. The van der Waals surface area contributed by atoms with Crippen LogP contribution >= 0.6 is 0 Å². The molecular weight excluding hydrogens is 441 g/mol. The first-order valence-corrected chi connectivity index (χ1v) is 12.2. The third-order valence-corrected chi connectivity index (χ3v) is 7.80. The highest BCUT2D eigenvalue weighted by atomic mass is 32.2. The second-order valence-electron chi connectivity index (χ2n) is 8.43. The van der Waals surface area contributed by atoms with Gasteiger partial charge in [0.25, 0.3) is 10.0 Å². The number of benzene rings is 2. The van der Waals surface area contributed by atoms with E-state index in [9.17, 15) is 26.4 Å². The molecule has 0 aromatic heterocycles. The number of alkyl halides is 3. The summed E-state index contributed by atoms with van der Waals surface area (Å²) in [5.74, 6) is 0.512. The summed E-state index contributed by atoms with van der Waals surface area (Å²) in [6.07, 6.45) is -0.536. The highest BCUT2D eigenvalue weighted by molar-refractivity contribution is 7.92. The van der Waals surface area contributed by atoms with E-state index in [1.807, 2.05) is 17.9 Å². The molecule has 0 bridgehead atoms. The van der Waals surface area contributed by atoms with Crippen molar-refractivity contribution in [1.29, 1.82) is 0 Å². The molecule has 2 atom stereocenters. The summed E-state index contributed by atoms with van der Waals surface area (Å²) in [6, 6.07) is 8.94. The van der Waals surface area contributed by atoms with E-state index in [4.69, 9.17) is 0 Å². The largest absolute Gasteiger partial charge is 0.416 e. The van der Waals surface area contributed by atoms with Gasteiger partial charge in [-0.25, -0.2) is 8.42 Å². The highest BCUT2D eigenvalue weighted by Gasteiger charge is 2.37. The van der Waals surface area contributed by atoms with E-state index in [2.05, 4.69) is 4.72 Å². The fourth-order valence-corrected chi connectivity index (χ4v) is 5.84. The maximum Gasteiger partial charge on any atom is 0.416 e. The normalized spacial score (nSPS) is 20.9. The van der Waals surface area contributed by atoms with E-state index in [0.29, 0.717) is 18.0 Å². The van der Waals surface area contributed by atoms with Crippen LogP contribution in [0.4, 0.5) is 18.9 Å². The number of sulfonamides is 1. The summed E-state index contributed by atoms with van der Waals surface area (Å²) < 4.78 is 66.1. The standard InChI is InChI=1S/C23H25F3N2O3S/c1-2-22(29)28-11-3-4-16-12-17-13-19(8-5-15(17)14-21(16)28)27-32(30,31)20-9-6-18(7-10-20)23(24,25)26/h5-10,13,16,21,27H,2-4,11-12,14H2,1H3/t16-,21-/m0/s1. The lowest BCUT2D eigenvalue weighted by atomic mass is 9.75. The van der Waals surface area contributed by atoms with Crippen molar-refractivity contribution in [2.24, 2.45) is 5.92 Å². The van der Waals surface area contributed by atoms with Crippen molar-refractivity contribution in [2.45, 2.75) is 56.1 Å². The quantitative estimate of drug-likeness (QED) is 0.715. The van der Waals surface area contributed by atoms with Gasteiger partial charge in [0.2, 0.25) is 5.91 Å². The average molecular weight is 467 g/mol. The molecule has 4 rings (SSSR count). The van der Waals surface area contributed by atoms with Gasteiger partial charge >= 0.3 is 6.18 Å². The Bertz CT molecular complexity index is 1110. The minimum atomic E-state index is -4.53. The molecule has 9 heteroatoms. The third-order valence-electron chi connectivity index (χ3n) is 6.40. The number of carbonyl (C=O) groups excluding carboxylic acids is 1. The summed E-state index contributed by atoms with van der Waals surface area (Å²) in [5, 5.41) is 0. The number of nitrogens with zero attached hydrogens (tertiary/aromatic N) is 1. The summed E-state index contributed by atoms with van der Waals surface area (Å²) in [6.45, 7) is 2.66. The SMILES string of the molecule is CCC(=O)N1CCC[C@H]2Cc3cc(NS(=O)(=O)c4ccc(C(F)(F)F)cc4)ccc3C[C@@H]21. The predicted octanol–water partition coefficient (Wildman–Crippen LogP) is 4.62. The Kier molecular flexibility index (Phi) is 5.96. The molecule has 0 saturated carbocycles. The van der Waals surface area contributed by atoms with Gasteiger partial charge < -0.3 is 4.90 Å². The molecule has 0 unspecified atom stereocenters. The number of anilines is 1. The lowest BCUT2D eigenvalue weighted by Gasteiger charge is -2.44. The van der Waals surface area contributed by atoms with E-state index in [1.165, 1.54) is 0 Å². The Balaban J connectivity index is 1.53. The molecule has 0 spiro atoms. The van der Waals surface area contributed by atoms with Gasteiger partial charge in [0.15, 0.2) is 0 Å². The fourth-order valence-electron chi connectivity index (χ4n) is 4.79. The Hall–Kier alpha value is -2.55. The van der Waals surface area contributed by atoms with Crippen LogP contribution in [0.2, 0.25) is 0 Å². The van der Waals surface area contributed by atoms with Crippen LogP contribution in [0.1, 0.15) is 42.9 Å². The molecular formula is C23H25F3N2O3S. The van der Waals surface area contributed by atoms with Crippen LogP contribution in [-0.4, -0.2) is 31.8 Å². The molecule has 1 aliphatic heterocycles. The fraction of sp³-hybridized carbons (Fsp3) is 0.435. The van der Waals surface area contributed by atoms with Gasteiger partial charge in [-0.2, -0.15) is 13.2 Å². The van der Waals surface area contributed by atoms with Gasteiger partial charge in [-0.15, -0.1) is 0 Å². The van der Waals surface area contributed by atoms with Crippen molar-refractivity contribution < 1.29 is 26.4 Å². The monoisotopic (exact) mass is 466 g/mol. The van der Waals surface area contributed by atoms with Crippen LogP contribution in [-0.2, 0) is 33.8 Å². The van der Waals surface area contributed by atoms with Crippen LogP contribution in [0.5, 0.6) is 0 Å². The predicted molar refractivity (Wildman–Crippen MR) is 115 cm³/mol. The zero-order valence-corrected chi connectivity index (χ0v) is 18.5. The summed E-state index contributed by atoms with van der Waals surface area (Å²) >= 11 is 0. The maximum atomic E-state index is 12.7. The lowest BCUT2D eigenvalue weighted by Crippen LogP contribution is -2.51. The number of amides is 1. The lowest BCUT2D eigenvalue weighted by molar-refractivity contribution is -0.138. The molecule has 1 aliphatic carbocycles. The van der Waals surface area contributed by atoms with E-state index >= 15 is 0 Å². The van der Waals surface area contributed by atoms with Gasteiger partial charge in [0.05, 0.1) is 10.5 Å². The molecule has 1 fully saturated rings. The van der Waals surface area contributed by atoms with Gasteiger partial charge in [-0.3, -0.25) is 9.52 Å². The number of carbonyl (C=O) groups is 1. The number of halogens is 3. The number of hydrogen-bond donors (Lipinski definition) is 1. The van der Waals surface area contributed by atoms with E-state index in [0.717, 1.165) is 67.6 Å². The topological polar surface area (TPSA) is 66.5 Å². The first kappa shape index (κ1) is 22.6. The molecule has 1 saturated heterocycles. The van der Waals surface area contributed by atoms with Gasteiger partial charge in [0.1, 0.15) is 0 Å². The number of hydrogen-bond acceptors (Lipinski definition) is 3. The van der Waals surface area contributed by atoms with Crippen molar-refractivity contribution in [3.63, 3.8) is 0 Å². The number of fused-ring (bicyclic) bond motifs is 2. The van der Waals surface area contributed by atoms with Crippen LogP contribution in [0.15, 0.2) is 47.4 Å². The minimum Gasteiger partial charge on any atom is -0.339 e. The Morgan fingerprint density at radius 3 is 2.47 bits per heavy atom. The first-order chi connectivity index (χ1) is 15.1. The van der Waals surface area contributed by atoms with Crippen LogP contribution in [0.3, 0.4) is 0 Å². The first-order valence-electron chi connectivity index (χ1n) is 10.7. The Morgan fingerprint density at radius 1 is 1.09 bits per heavy atom. The van der Waals surface area contributed by atoms with Crippen molar-refractivity contribution in [3.8, 4) is 0 Å². The summed E-state index contributed by atoms with van der Waals surface area (Å²) in [4.78, 5) is 14.1. The molecule has 2 aliphatic rings. The van der Waals surface area contributed by atoms with E-state index < -0.39 is 21.8 Å². The molecule has 1 heterocycles. The smallest absolute Gasteiger partial charge is 0.339 e. The van der Waals surface area contributed by atoms with E-state index in [-0.39, 0.29) is 16.8 Å². The second kappa shape index (κ2) is 8.42. The highest BCUT2D eigenvalue weighted by Crippen LogP contribution is 2.37. The van der Waals surface area contributed by atoms with Crippen molar-refractivity contribution in [1.82, 2.24) is 4.90 Å². The van der Waals surface area contributed by atoms with Crippen molar-refractivity contribution in [2.75, 3.05) is 11.3 Å². The molecule has 1 amide bonds. The number of rotatable bonds is 4. The van der Waals surface area contributed by atoms with Gasteiger partial charge in [0, 0.05) is 24.7 Å². The zero-order valence-electron chi connectivity index (χ0n) is 17.7. The zero-order chi connectivity index (χ0) is 23.1. The molecule has 2 aromatic rings. The Labute approximate surface area is 185 Å². The third kappa shape index (κ3) is 4.48.